The normalized spacial score (nSPS) is 18.9. The number of aromatic nitrogens is 1. The van der Waals surface area contributed by atoms with Crippen LogP contribution in [-0.2, 0) is 16.1 Å². The fraction of sp³-hybridized carbons (Fsp3) is 0.364. The molecule has 6 heteroatoms. The van der Waals surface area contributed by atoms with Gasteiger partial charge in [-0.3, -0.25) is 19.4 Å². The second-order valence-electron chi connectivity index (χ2n) is 7.25. The Morgan fingerprint density at radius 2 is 1.71 bits per heavy atom. The molecular formula is C22H25N3O3. The largest absolute Gasteiger partial charge is 0.352 e. The Kier molecular flexibility index (Phi) is 6.53. The number of pyridine rings is 1. The average molecular weight is 379 g/mol. The number of ketones is 1. The van der Waals surface area contributed by atoms with Crippen LogP contribution in [0.2, 0.25) is 0 Å². The van der Waals surface area contributed by atoms with Crippen molar-refractivity contribution in [3.63, 3.8) is 0 Å². The highest BCUT2D eigenvalue weighted by Crippen LogP contribution is 2.30. The van der Waals surface area contributed by atoms with Crippen LogP contribution < -0.4 is 10.6 Å². The van der Waals surface area contributed by atoms with Gasteiger partial charge in [-0.05, 0) is 56.4 Å². The van der Waals surface area contributed by atoms with Crippen molar-refractivity contribution in [2.24, 2.45) is 11.8 Å². The van der Waals surface area contributed by atoms with Gasteiger partial charge in [0.1, 0.15) is 0 Å². The van der Waals surface area contributed by atoms with E-state index in [1.807, 2.05) is 12.1 Å². The lowest BCUT2D eigenvalue weighted by Gasteiger charge is -2.27. The fourth-order valence-electron chi connectivity index (χ4n) is 3.51. The molecule has 2 amide bonds. The number of benzene rings is 1. The molecule has 3 rings (SSSR count). The maximum absolute atomic E-state index is 12.5. The Hall–Kier alpha value is -3.02. The molecule has 1 aromatic carbocycles. The molecule has 0 radical (unpaired) electrons. The quantitative estimate of drug-likeness (QED) is 0.754. The summed E-state index contributed by atoms with van der Waals surface area (Å²) in [6.07, 6.45) is 6.21. The van der Waals surface area contributed by atoms with Crippen molar-refractivity contribution >= 4 is 23.3 Å². The predicted molar refractivity (Wildman–Crippen MR) is 107 cm³/mol. The molecule has 28 heavy (non-hydrogen) atoms. The van der Waals surface area contributed by atoms with Crippen LogP contribution in [0.3, 0.4) is 0 Å². The lowest BCUT2D eigenvalue weighted by Crippen LogP contribution is -2.35. The molecule has 0 unspecified atom stereocenters. The van der Waals surface area contributed by atoms with E-state index in [0.717, 1.165) is 5.56 Å². The second kappa shape index (κ2) is 9.26. The summed E-state index contributed by atoms with van der Waals surface area (Å²) in [5.74, 6) is -0.203. The van der Waals surface area contributed by atoms with E-state index in [4.69, 9.17) is 0 Å². The van der Waals surface area contributed by atoms with E-state index in [1.54, 1.807) is 36.7 Å². The maximum Gasteiger partial charge on any atom is 0.227 e. The van der Waals surface area contributed by atoms with Gasteiger partial charge in [0.15, 0.2) is 5.78 Å². The zero-order chi connectivity index (χ0) is 19.9. The third-order valence-corrected chi connectivity index (χ3v) is 5.19. The molecule has 0 saturated heterocycles. The van der Waals surface area contributed by atoms with E-state index in [9.17, 15) is 14.4 Å². The second-order valence-corrected chi connectivity index (χ2v) is 7.25. The van der Waals surface area contributed by atoms with Crippen LogP contribution in [-0.4, -0.2) is 22.6 Å². The lowest BCUT2D eigenvalue weighted by atomic mass is 9.81. The average Bonchev–Trinajstić information content (AvgIpc) is 2.73. The molecule has 1 aliphatic rings. The van der Waals surface area contributed by atoms with Gasteiger partial charge < -0.3 is 10.6 Å². The first kappa shape index (κ1) is 19.7. The summed E-state index contributed by atoms with van der Waals surface area (Å²) in [5.41, 5.74) is 2.18. The molecule has 6 nitrogen and oxygen atoms in total. The lowest BCUT2D eigenvalue weighted by molar-refractivity contribution is -0.128. The van der Waals surface area contributed by atoms with Gasteiger partial charge in [0.05, 0.1) is 0 Å². The molecule has 1 aromatic heterocycles. The summed E-state index contributed by atoms with van der Waals surface area (Å²) in [4.78, 5) is 40.4. The summed E-state index contributed by atoms with van der Waals surface area (Å²) < 4.78 is 0. The summed E-state index contributed by atoms with van der Waals surface area (Å²) in [5, 5.41) is 5.86. The van der Waals surface area contributed by atoms with Crippen molar-refractivity contribution in [3.8, 4) is 0 Å². The highest BCUT2D eigenvalue weighted by atomic mass is 16.2. The molecule has 1 fully saturated rings. The van der Waals surface area contributed by atoms with Crippen LogP contribution in [0, 0.1) is 11.8 Å². The monoisotopic (exact) mass is 379 g/mol. The third-order valence-electron chi connectivity index (χ3n) is 5.19. The molecule has 146 valence electrons. The van der Waals surface area contributed by atoms with Crippen LogP contribution >= 0.6 is 0 Å². The van der Waals surface area contributed by atoms with Gasteiger partial charge in [0, 0.05) is 42.0 Å². The number of rotatable bonds is 6. The predicted octanol–water partition coefficient (Wildman–Crippen LogP) is 3.35. The number of carbonyl (C=O) groups is 3. The van der Waals surface area contributed by atoms with Gasteiger partial charge in [-0.2, -0.15) is 0 Å². The number of anilines is 1. The Morgan fingerprint density at radius 3 is 2.36 bits per heavy atom. The van der Waals surface area contributed by atoms with Gasteiger partial charge in [-0.15, -0.1) is 0 Å². The van der Waals surface area contributed by atoms with Gasteiger partial charge in [0.2, 0.25) is 11.8 Å². The Balaban J connectivity index is 1.46. The smallest absolute Gasteiger partial charge is 0.227 e. The summed E-state index contributed by atoms with van der Waals surface area (Å²) in [6, 6.07) is 10.7. The summed E-state index contributed by atoms with van der Waals surface area (Å²) >= 11 is 0. The Bertz CT molecular complexity index is 843. The van der Waals surface area contributed by atoms with Crippen LogP contribution in [0.15, 0.2) is 48.8 Å². The van der Waals surface area contributed by atoms with Crippen LogP contribution in [0.1, 0.15) is 48.5 Å². The van der Waals surface area contributed by atoms with Crippen molar-refractivity contribution in [1.82, 2.24) is 10.3 Å². The zero-order valence-corrected chi connectivity index (χ0v) is 16.0. The van der Waals surface area contributed by atoms with E-state index in [0.29, 0.717) is 43.5 Å². The molecule has 1 heterocycles. The molecule has 0 atom stereocenters. The van der Waals surface area contributed by atoms with E-state index in [2.05, 4.69) is 15.6 Å². The molecule has 0 spiro atoms. The Morgan fingerprint density at radius 1 is 1.00 bits per heavy atom. The number of hydrogen-bond acceptors (Lipinski definition) is 4. The van der Waals surface area contributed by atoms with Crippen LogP contribution in [0.25, 0.3) is 0 Å². The fourth-order valence-corrected chi connectivity index (χ4v) is 3.51. The van der Waals surface area contributed by atoms with Crippen LogP contribution in [0.4, 0.5) is 5.69 Å². The first-order chi connectivity index (χ1) is 13.5. The number of carbonyl (C=O) groups excluding carboxylic acids is 3. The number of nitrogens with zero attached hydrogens (tertiary/aromatic N) is 1. The molecular weight excluding hydrogens is 354 g/mol. The van der Waals surface area contributed by atoms with Gasteiger partial charge in [0.25, 0.3) is 0 Å². The van der Waals surface area contributed by atoms with E-state index < -0.39 is 0 Å². The SMILES string of the molecule is CC(=O)c1cccc(NC(=O)C2CCC(C(=O)NCc3cccnc3)CC2)c1. The van der Waals surface area contributed by atoms with Gasteiger partial charge in [-0.1, -0.05) is 18.2 Å². The number of hydrogen-bond donors (Lipinski definition) is 2. The zero-order valence-electron chi connectivity index (χ0n) is 16.0. The number of Topliss-reactive ketones (excluding diaryl/α,β-unsaturated/α-hetero) is 1. The molecule has 2 N–H and O–H groups in total. The van der Waals surface area contributed by atoms with Gasteiger partial charge in [-0.25, -0.2) is 0 Å². The van der Waals surface area contributed by atoms with Crippen LogP contribution in [0.5, 0.6) is 0 Å². The molecule has 0 bridgehead atoms. The number of amides is 2. The third kappa shape index (κ3) is 5.25. The van der Waals surface area contributed by atoms with Crippen molar-refractivity contribution in [3.05, 3.63) is 59.9 Å². The summed E-state index contributed by atoms with van der Waals surface area (Å²) in [6.45, 7) is 1.97. The highest BCUT2D eigenvalue weighted by Gasteiger charge is 2.29. The van der Waals surface area contributed by atoms with Gasteiger partial charge >= 0.3 is 0 Å². The minimum absolute atomic E-state index is 0.0334. The highest BCUT2D eigenvalue weighted by molar-refractivity contribution is 5.97. The Labute approximate surface area is 164 Å². The number of nitrogens with one attached hydrogen (secondary N) is 2. The molecule has 0 aliphatic heterocycles. The first-order valence-corrected chi connectivity index (χ1v) is 9.61. The van der Waals surface area contributed by atoms with E-state index in [-0.39, 0.29) is 29.4 Å². The molecule has 2 aromatic rings. The van der Waals surface area contributed by atoms with E-state index in [1.165, 1.54) is 6.92 Å². The standard InChI is InChI=1S/C22H25N3O3/c1-15(26)19-5-2-6-20(12-19)25-22(28)18-9-7-17(8-10-18)21(27)24-14-16-4-3-11-23-13-16/h2-6,11-13,17-18H,7-10,14H2,1H3,(H,24,27)(H,25,28). The topological polar surface area (TPSA) is 88.2 Å². The van der Waals surface area contributed by atoms with Crippen molar-refractivity contribution in [2.75, 3.05) is 5.32 Å². The van der Waals surface area contributed by atoms with Crippen molar-refractivity contribution in [2.45, 2.75) is 39.2 Å². The summed E-state index contributed by atoms with van der Waals surface area (Å²) in [7, 11) is 0. The maximum atomic E-state index is 12.5. The minimum atomic E-state index is -0.108. The van der Waals surface area contributed by atoms with Crippen molar-refractivity contribution in [1.29, 1.82) is 0 Å². The first-order valence-electron chi connectivity index (χ1n) is 9.61. The van der Waals surface area contributed by atoms with E-state index >= 15 is 0 Å². The minimum Gasteiger partial charge on any atom is -0.352 e. The van der Waals surface area contributed by atoms with Crippen molar-refractivity contribution < 1.29 is 14.4 Å². The molecule has 1 aliphatic carbocycles. The molecule has 1 saturated carbocycles.